The van der Waals surface area contributed by atoms with Gasteiger partial charge in [0.25, 0.3) is 0 Å². The molecule has 1 saturated carbocycles. The molecule has 1 aliphatic carbocycles. The second-order valence-corrected chi connectivity index (χ2v) is 6.48. The summed E-state index contributed by atoms with van der Waals surface area (Å²) >= 11 is 0. The predicted octanol–water partition coefficient (Wildman–Crippen LogP) is 2.39. The number of hydrazine groups is 1. The minimum atomic E-state index is -0.497. The van der Waals surface area contributed by atoms with Crippen LogP contribution in [-0.4, -0.2) is 30.8 Å². The Kier molecular flexibility index (Phi) is 6.95. The van der Waals surface area contributed by atoms with Crippen LogP contribution in [0.5, 0.6) is 0 Å². The van der Waals surface area contributed by atoms with Crippen molar-refractivity contribution < 1.29 is 19.1 Å². The molecule has 0 saturated heterocycles. The molecule has 21 heavy (non-hydrogen) atoms. The predicted molar refractivity (Wildman–Crippen MR) is 79.5 cm³/mol. The smallest absolute Gasteiger partial charge is 0.422 e. The van der Waals surface area contributed by atoms with E-state index in [0.29, 0.717) is 19.1 Å². The number of ether oxygens (including phenoxy) is 2. The van der Waals surface area contributed by atoms with Gasteiger partial charge in [-0.25, -0.2) is 10.2 Å². The van der Waals surface area contributed by atoms with Crippen molar-refractivity contribution in [3.8, 4) is 0 Å². The van der Waals surface area contributed by atoms with E-state index in [-0.39, 0.29) is 11.9 Å². The van der Waals surface area contributed by atoms with Crippen molar-refractivity contribution in [2.45, 2.75) is 59.0 Å². The maximum atomic E-state index is 11.6. The Morgan fingerprint density at radius 1 is 1.14 bits per heavy atom. The van der Waals surface area contributed by atoms with Crippen molar-refractivity contribution in [2.24, 2.45) is 11.8 Å². The zero-order valence-electron chi connectivity index (χ0n) is 13.5. The summed E-state index contributed by atoms with van der Waals surface area (Å²) in [6.07, 6.45) is 3.18. The van der Waals surface area contributed by atoms with Gasteiger partial charge < -0.3 is 9.47 Å². The van der Waals surface area contributed by atoms with Crippen LogP contribution in [0.25, 0.3) is 0 Å². The molecular weight excluding hydrogens is 272 g/mol. The molecular formula is C15H28N2O4. The monoisotopic (exact) mass is 300 g/mol. The molecule has 0 aromatic heterocycles. The Labute approximate surface area is 126 Å². The van der Waals surface area contributed by atoms with Gasteiger partial charge >= 0.3 is 12.1 Å². The van der Waals surface area contributed by atoms with E-state index in [1.165, 1.54) is 0 Å². The summed E-state index contributed by atoms with van der Waals surface area (Å²) in [4.78, 5) is 23.1. The Morgan fingerprint density at radius 3 is 2.29 bits per heavy atom. The summed E-state index contributed by atoms with van der Waals surface area (Å²) in [5.74, 6) is 0.432. The first-order valence-corrected chi connectivity index (χ1v) is 7.70. The third-order valence-corrected chi connectivity index (χ3v) is 3.45. The maximum Gasteiger partial charge on any atom is 0.422 e. The van der Waals surface area contributed by atoms with E-state index < -0.39 is 11.7 Å². The molecule has 0 unspecified atom stereocenters. The number of hydrogen-bond acceptors (Lipinski definition) is 5. The molecule has 122 valence electrons. The Morgan fingerprint density at radius 2 is 1.76 bits per heavy atom. The molecule has 0 bridgehead atoms. The second kappa shape index (κ2) is 8.22. The summed E-state index contributed by atoms with van der Waals surface area (Å²) in [5.41, 5.74) is 4.95. The molecule has 1 rings (SSSR count). The lowest BCUT2D eigenvalue weighted by atomic mass is 9.82. The average Bonchev–Trinajstić information content (AvgIpc) is 2.37. The van der Waals surface area contributed by atoms with Crippen molar-refractivity contribution in [1.82, 2.24) is 10.9 Å². The molecule has 1 amide bonds. The maximum absolute atomic E-state index is 11.6. The highest BCUT2D eigenvalue weighted by Gasteiger charge is 2.27. The van der Waals surface area contributed by atoms with Crippen molar-refractivity contribution in [3.63, 3.8) is 0 Å². The van der Waals surface area contributed by atoms with Crippen LogP contribution >= 0.6 is 0 Å². The summed E-state index contributed by atoms with van der Waals surface area (Å²) < 4.78 is 10.2. The fourth-order valence-electron chi connectivity index (χ4n) is 2.43. The number of amides is 1. The molecule has 0 aromatic rings. The fourth-order valence-corrected chi connectivity index (χ4v) is 2.43. The number of hydrogen-bond donors (Lipinski definition) is 2. The average molecular weight is 300 g/mol. The first-order valence-electron chi connectivity index (χ1n) is 7.70. The molecule has 0 aromatic carbocycles. The molecule has 2 N–H and O–H groups in total. The van der Waals surface area contributed by atoms with E-state index in [1.807, 2.05) is 27.7 Å². The van der Waals surface area contributed by atoms with Crippen LogP contribution in [0.4, 0.5) is 4.79 Å². The zero-order valence-corrected chi connectivity index (χ0v) is 13.5. The number of carbonyl (C=O) groups excluding carboxylic acids is 2. The third-order valence-electron chi connectivity index (χ3n) is 3.45. The van der Waals surface area contributed by atoms with Gasteiger partial charge in [-0.3, -0.25) is 10.2 Å². The Bertz CT molecular complexity index is 344. The molecule has 0 spiro atoms. The number of carbonyl (C=O) groups is 2. The number of rotatable bonds is 5. The standard InChI is InChI=1S/C15H28N2O4/c1-5-20-13(18)12-8-6-11(7-9-12)10-16-17-14(19)21-15(2,3)4/h11-12,16H,5-10H2,1-4H3,(H,17,19). The molecule has 0 radical (unpaired) electrons. The molecule has 1 aliphatic rings. The van der Waals surface area contributed by atoms with Gasteiger partial charge in [-0.2, -0.15) is 0 Å². The Balaban J connectivity index is 2.16. The van der Waals surface area contributed by atoms with Crippen molar-refractivity contribution in [1.29, 1.82) is 0 Å². The Hall–Kier alpha value is -1.30. The lowest BCUT2D eigenvalue weighted by Gasteiger charge is -2.27. The minimum absolute atomic E-state index is 0.0417. The van der Waals surface area contributed by atoms with E-state index in [4.69, 9.17) is 9.47 Å². The summed E-state index contributed by atoms with van der Waals surface area (Å²) in [7, 11) is 0. The highest BCUT2D eigenvalue weighted by molar-refractivity contribution is 5.72. The highest BCUT2D eigenvalue weighted by atomic mass is 16.6. The minimum Gasteiger partial charge on any atom is -0.466 e. The van der Waals surface area contributed by atoms with Gasteiger partial charge in [-0.05, 0) is 59.3 Å². The van der Waals surface area contributed by atoms with E-state index in [1.54, 1.807) is 0 Å². The van der Waals surface area contributed by atoms with Gasteiger partial charge in [-0.15, -0.1) is 0 Å². The van der Waals surface area contributed by atoms with Crippen LogP contribution in [-0.2, 0) is 14.3 Å². The second-order valence-electron chi connectivity index (χ2n) is 6.48. The SMILES string of the molecule is CCOC(=O)C1CCC(CNNC(=O)OC(C)(C)C)CC1. The normalized spacial score (nSPS) is 22.5. The number of nitrogens with one attached hydrogen (secondary N) is 2. The van der Waals surface area contributed by atoms with Crippen molar-refractivity contribution in [3.05, 3.63) is 0 Å². The van der Waals surface area contributed by atoms with Gasteiger partial charge in [0.05, 0.1) is 12.5 Å². The summed E-state index contributed by atoms with van der Waals surface area (Å²) in [6.45, 7) is 8.43. The highest BCUT2D eigenvalue weighted by Crippen LogP contribution is 2.29. The van der Waals surface area contributed by atoms with Crippen molar-refractivity contribution in [2.75, 3.05) is 13.2 Å². The quantitative estimate of drug-likeness (QED) is 0.602. The van der Waals surface area contributed by atoms with Crippen molar-refractivity contribution >= 4 is 12.1 Å². The van der Waals surface area contributed by atoms with Gasteiger partial charge in [0, 0.05) is 6.54 Å². The van der Waals surface area contributed by atoms with Crippen LogP contribution in [0.2, 0.25) is 0 Å². The van der Waals surface area contributed by atoms with E-state index in [9.17, 15) is 9.59 Å². The van der Waals surface area contributed by atoms with Crippen LogP contribution < -0.4 is 10.9 Å². The van der Waals surface area contributed by atoms with Crippen LogP contribution in [0.1, 0.15) is 53.4 Å². The first-order chi connectivity index (χ1) is 9.81. The van der Waals surface area contributed by atoms with E-state index in [0.717, 1.165) is 25.7 Å². The summed E-state index contributed by atoms with van der Waals surface area (Å²) in [5, 5.41) is 0. The molecule has 6 nitrogen and oxygen atoms in total. The molecule has 0 atom stereocenters. The van der Waals surface area contributed by atoms with E-state index >= 15 is 0 Å². The van der Waals surface area contributed by atoms with Crippen LogP contribution in [0.15, 0.2) is 0 Å². The van der Waals surface area contributed by atoms with Crippen LogP contribution in [0.3, 0.4) is 0 Å². The largest absolute Gasteiger partial charge is 0.466 e. The molecule has 6 heteroatoms. The van der Waals surface area contributed by atoms with Crippen LogP contribution in [0, 0.1) is 11.8 Å². The molecule has 0 aliphatic heterocycles. The van der Waals surface area contributed by atoms with Gasteiger partial charge in [0.1, 0.15) is 5.60 Å². The van der Waals surface area contributed by atoms with Gasteiger partial charge in [-0.1, -0.05) is 0 Å². The number of esters is 1. The topological polar surface area (TPSA) is 76.7 Å². The lowest BCUT2D eigenvalue weighted by Crippen LogP contribution is -2.43. The zero-order chi connectivity index (χ0) is 15.9. The van der Waals surface area contributed by atoms with E-state index in [2.05, 4.69) is 10.9 Å². The molecule has 1 fully saturated rings. The molecule has 0 heterocycles. The lowest BCUT2D eigenvalue weighted by molar-refractivity contribution is -0.149. The third kappa shape index (κ3) is 7.32. The van der Waals surface area contributed by atoms with Gasteiger partial charge in [0.2, 0.25) is 0 Å². The fraction of sp³-hybridized carbons (Fsp3) is 0.867. The van der Waals surface area contributed by atoms with Gasteiger partial charge in [0.15, 0.2) is 0 Å². The first kappa shape index (κ1) is 17.8. The summed E-state index contributed by atoms with van der Waals surface area (Å²) in [6, 6.07) is 0.